The lowest BCUT2D eigenvalue weighted by Gasteiger charge is -2.38. The molecule has 1 heterocycles. The molecule has 0 aromatic heterocycles. The lowest BCUT2D eigenvalue weighted by Crippen LogP contribution is -2.45. The van der Waals surface area contributed by atoms with Crippen LogP contribution in [0.3, 0.4) is 0 Å². The Labute approximate surface area is 141 Å². The second-order valence-corrected chi connectivity index (χ2v) is 7.05. The number of nitro benzene ring substituents is 1. The minimum Gasteiger partial charge on any atom is -0.444 e. The van der Waals surface area contributed by atoms with Crippen molar-refractivity contribution in [3.05, 3.63) is 39.9 Å². The van der Waals surface area contributed by atoms with Gasteiger partial charge in [-0.1, -0.05) is 12.1 Å². The van der Waals surface area contributed by atoms with E-state index in [9.17, 15) is 14.9 Å². The van der Waals surface area contributed by atoms with Gasteiger partial charge in [0, 0.05) is 37.3 Å². The first kappa shape index (κ1) is 18.2. The zero-order valence-corrected chi connectivity index (χ0v) is 14.3. The Morgan fingerprint density at radius 3 is 2.38 bits per heavy atom. The number of carbonyl (C=O) groups excluding carboxylic acids is 1. The smallest absolute Gasteiger partial charge is 0.407 e. The second-order valence-electron chi connectivity index (χ2n) is 7.05. The van der Waals surface area contributed by atoms with Gasteiger partial charge in [0.25, 0.3) is 5.69 Å². The van der Waals surface area contributed by atoms with E-state index in [0.717, 1.165) is 18.4 Å². The Bertz CT molecular complexity index is 586. The molecule has 0 unspecified atom stereocenters. The Kier molecular flexibility index (Phi) is 5.43. The molecule has 1 aromatic carbocycles. The van der Waals surface area contributed by atoms with E-state index in [1.165, 1.54) is 12.1 Å². The predicted molar refractivity (Wildman–Crippen MR) is 89.1 cm³/mol. The van der Waals surface area contributed by atoms with Crippen molar-refractivity contribution in [2.24, 2.45) is 0 Å². The van der Waals surface area contributed by atoms with E-state index < -0.39 is 16.6 Å². The highest BCUT2D eigenvalue weighted by Crippen LogP contribution is 2.35. The van der Waals surface area contributed by atoms with E-state index in [2.05, 4.69) is 5.32 Å². The number of amides is 1. The molecule has 0 radical (unpaired) electrons. The third kappa shape index (κ3) is 4.67. The fourth-order valence-corrected chi connectivity index (χ4v) is 2.82. The third-order valence-electron chi connectivity index (χ3n) is 4.11. The van der Waals surface area contributed by atoms with Crippen molar-refractivity contribution in [2.45, 2.75) is 44.6 Å². The van der Waals surface area contributed by atoms with Gasteiger partial charge in [0.15, 0.2) is 0 Å². The SMILES string of the molecule is CC(C)(C)OC(=O)NCC1(c2ccc([N+](=O)[O-])cc2)CCOCC1. The quantitative estimate of drug-likeness (QED) is 0.673. The van der Waals surface area contributed by atoms with Crippen LogP contribution in [0.15, 0.2) is 24.3 Å². The summed E-state index contributed by atoms with van der Waals surface area (Å²) in [6, 6.07) is 6.53. The van der Waals surface area contributed by atoms with Gasteiger partial charge < -0.3 is 14.8 Å². The number of nitro groups is 1. The van der Waals surface area contributed by atoms with E-state index in [1.807, 2.05) is 20.8 Å². The highest BCUT2D eigenvalue weighted by Gasteiger charge is 2.35. The largest absolute Gasteiger partial charge is 0.444 e. The summed E-state index contributed by atoms with van der Waals surface area (Å²) in [4.78, 5) is 22.4. The van der Waals surface area contributed by atoms with Crippen LogP contribution >= 0.6 is 0 Å². The summed E-state index contributed by atoms with van der Waals surface area (Å²) in [5.41, 5.74) is 0.165. The lowest BCUT2D eigenvalue weighted by atomic mass is 9.74. The van der Waals surface area contributed by atoms with Crippen molar-refractivity contribution in [2.75, 3.05) is 19.8 Å². The Balaban J connectivity index is 2.14. The van der Waals surface area contributed by atoms with Gasteiger partial charge in [-0.05, 0) is 39.2 Å². The topological polar surface area (TPSA) is 90.7 Å². The molecule has 7 nitrogen and oxygen atoms in total. The molecule has 1 saturated heterocycles. The van der Waals surface area contributed by atoms with Crippen LogP contribution in [0.4, 0.5) is 10.5 Å². The molecule has 24 heavy (non-hydrogen) atoms. The Morgan fingerprint density at radius 1 is 1.29 bits per heavy atom. The van der Waals surface area contributed by atoms with Gasteiger partial charge in [-0.15, -0.1) is 0 Å². The van der Waals surface area contributed by atoms with Crippen LogP contribution in [0.1, 0.15) is 39.2 Å². The van der Waals surface area contributed by atoms with Gasteiger partial charge in [-0.3, -0.25) is 10.1 Å². The van der Waals surface area contributed by atoms with Crippen molar-refractivity contribution in [3.63, 3.8) is 0 Å². The van der Waals surface area contributed by atoms with Crippen molar-refractivity contribution in [1.82, 2.24) is 5.32 Å². The molecular formula is C17H24N2O5. The summed E-state index contributed by atoms with van der Waals surface area (Å²) in [5, 5.41) is 13.7. The minimum atomic E-state index is -0.555. The molecule has 0 aliphatic carbocycles. The predicted octanol–water partition coefficient (Wildman–Crippen LogP) is 3.17. The third-order valence-corrected chi connectivity index (χ3v) is 4.11. The molecule has 1 N–H and O–H groups in total. The molecule has 132 valence electrons. The number of alkyl carbamates (subject to hydrolysis) is 1. The van der Waals surface area contributed by atoms with Gasteiger partial charge in [0.1, 0.15) is 5.60 Å². The highest BCUT2D eigenvalue weighted by molar-refractivity contribution is 5.67. The number of nitrogens with one attached hydrogen (secondary N) is 1. The number of carbonyl (C=O) groups is 1. The molecular weight excluding hydrogens is 312 g/mol. The maximum Gasteiger partial charge on any atom is 0.407 e. The molecule has 1 aliphatic heterocycles. The van der Waals surface area contributed by atoms with E-state index in [1.54, 1.807) is 12.1 Å². The molecule has 0 atom stereocenters. The first-order valence-electron chi connectivity index (χ1n) is 8.01. The molecule has 7 heteroatoms. The number of hydrogen-bond donors (Lipinski definition) is 1. The Morgan fingerprint density at radius 2 is 1.88 bits per heavy atom. The van der Waals surface area contributed by atoms with E-state index in [4.69, 9.17) is 9.47 Å². The number of benzene rings is 1. The average molecular weight is 336 g/mol. The first-order valence-corrected chi connectivity index (χ1v) is 8.01. The summed E-state index contributed by atoms with van der Waals surface area (Å²) < 4.78 is 10.7. The first-order chi connectivity index (χ1) is 11.2. The van der Waals surface area contributed by atoms with Crippen LogP contribution in [0.25, 0.3) is 0 Å². The van der Waals surface area contributed by atoms with Crippen molar-refractivity contribution in [3.8, 4) is 0 Å². The lowest BCUT2D eigenvalue weighted by molar-refractivity contribution is -0.384. The summed E-state index contributed by atoms with van der Waals surface area (Å²) in [5.74, 6) is 0. The zero-order chi connectivity index (χ0) is 17.8. The maximum atomic E-state index is 12.0. The average Bonchev–Trinajstić information content (AvgIpc) is 2.52. The van der Waals surface area contributed by atoms with E-state index in [-0.39, 0.29) is 11.1 Å². The molecule has 1 fully saturated rings. The molecule has 0 spiro atoms. The van der Waals surface area contributed by atoms with Gasteiger partial charge >= 0.3 is 6.09 Å². The maximum absolute atomic E-state index is 12.0. The standard InChI is InChI=1S/C17H24N2O5/c1-16(2,3)24-15(20)18-12-17(8-10-23-11-9-17)13-4-6-14(7-5-13)19(21)22/h4-7H,8-12H2,1-3H3,(H,18,20). The molecule has 2 rings (SSSR count). The fraction of sp³-hybridized carbons (Fsp3) is 0.588. The zero-order valence-electron chi connectivity index (χ0n) is 14.3. The van der Waals surface area contributed by atoms with Crippen molar-refractivity contribution in [1.29, 1.82) is 0 Å². The van der Waals surface area contributed by atoms with Crippen LogP contribution in [0, 0.1) is 10.1 Å². The summed E-state index contributed by atoms with van der Waals surface area (Å²) >= 11 is 0. The van der Waals surface area contributed by atoms with Gasteiger partial charge in [-0.2, -0.15) is 0 Å². The van der Waals surface area contributed by atoms with Crippen LogP contribution < -0.4 is 5.32 Å². The Hall–Kier alpha value is -2.15. The minimum absolute atomic E-state index is 0.0565. The number of non-ortho nitro benzene ring substituents is 1. The fourth-order valence-electron chi connectivity index (χ4n) is 2.82. The number of nitrogens with zero attached hydrogens (tertiary/aromatic N) is 1. The van der Waals surface area contributed by atoms with Crippen LogP contribution in [0.2, 0.25) is 0 Å². The van der Waals surface area contributed by atoms with Crippen LogP contribution in [-0.4, -0.2) is 36.4 Å². The number of ether oxygens (including phenoxy) is 2. The summed E-state index contributed by atoms with van der Waals surface area (Å²) in [6.07, 6.45) is 1.01. The molecule has 1 aliphatic rings. The molecule has 0 saturated carbocycles. The van der Waals surface area contributed by atoms with Crippen LogP contribution in [0.5, 0.6) is 0 Å². The van der Waals surface area contributed by atoms with Gasteiger partial charge in [0.05, 0.1) is 4.92 Å². The molecule has 1 aromatic rings. The number of rotatable bonds is 4. The molecule has 1 amide bonds. The van der Waals surface area contributed by atoms with Crippen molar-refractivity contribution < 1.29 is 19.2 Å². The number of hydrogen-bond acceptors (Lipinski definition) is 5. The molecule has 0 bridgehead atoms. The normalized spacial score (nSPS) is 17.1. The second kappa shape index (κ2) is 7.17. The summed E-state index contributed by atoms with van der Waals surface area (Å²) in [7, 11) is 0. The van der Waals surface area contributed by atoms with Gasteiger partial charge in [-0.25, -0.2) is 4.79 Å². The van der Waals surface area contributed by atoms with Gasteiger partial charge in [0.2, 0.25) is 0 Å². The monoisotopic (exact) mass is 336 g/mol. The van der Waals surface area contributed by atoms with Crippen molar-refractivity contribution >= 4 is 11.8 Å². The van der Waals surface area contributed by atoms with E-state index >= 15 is 0 Å². The highest BCUT2D eigenvalue weighted by atomic mass is 16.6. The van der Waals surface area contributed by atoms with Crippen LogP contribution in [-0.2, 0) is 14.9 Å². The summed E-state index contributed by atoms with van der Waals surface area (Å²) in [6.45, 7) is 7.02. The van der Waals surface area contributed by atoms with E-state index in [0.29, 0.717) is 19.8 Å².